The van der Waals surface area contributed by atoms with Crippen LogP contribution in [0.25, 0.3) is 77.2 Å². The first-order valence-corrected chi connectivity index (χ1v) is 19.2. The van der Waals surface area contributed by atoms with Crippen molar-refractivity contribution in [2.24, 2.45) is 0 Å². The van der Waals surface area contributed by atoms with Crippen molar-refractivity contribution < 1.29 is 4.42 Å². The lowest BCUT2D eigenvalue weighted by atomic mass is 9.84. The van der Waals surface area contributed by atoms with Gasteiger partial charge >= 0.3 is 0 Å². The van der Waals surface area contributed by atoms with Crippen molar-refractivity contribution in [3.05, 3.63) is 228 Å². The number of para-hydroxylation sites is 1. The summed E-state index contributed by atoms with van der Waals surface area (Å²) >= 11 is 0. The van der Waals surface area contributed by atoms with E-state index in [1.54, 1.807) is 0 Å². The zero-order chi connectivity index (χ0) is 36.0. The maximum Gasteiger partial charge on any atom is 0.135 e. The van der Waals surface area contributed by atoms with Crippen LogP contribution in [0, 0.1) is 0 Å². The summed E-state index contributed by atoms with van der Waals surface area (Å²) in [6.45, 7) is 0. The van der Waals surface area contributed by atoms with Gasteiger partial charge in [0.2, 0.25) is 0 Å². The standard InChI is InChI=1S/C54H34O/c1-2-12-33(13-3-1)53-43-17-6-4-14-40(43)48-30-34(24-27-46(48)53)35-25-28-47-49(31-35)41-15-5-7-18-44(41)54(47)45-22-11-20-38-37(19-10-21-39(38)45)36-26-29-52-50(32-36)42-16-8-9-23-51(42)55-52/h1-32,53-54H. The van der Waals surface area contributed by atoms with Crippen molar-refractivity contribution in [2.75, 3.05) is 0 Å². The van der Waals surface area contributed by atoms with Crippen molar-refractivity contribution >= 4 is 32.7 Å². The second-order valence-electron chi connectivity index (χ2n) is 15.1. The Bertz CT molecular complexity index is 3160. The zero-order valence-corrected chi connectivity index (χ0v) is 30.0. The number of benzene rings is 9. The Hall–Kier alpha value is -6.96. The van der Waals surface area contributed by atoms with Crippen LogP contribution in [-0.2, 0) is 0 Å². The van der Waals surface area contributed by atoms with E-state index >= 15 is 0 Å². The summed E-state index contributed by atoms with van der Waals surface area (Å²) in [5.41, 5.74) is 20.3. The second-order valence-corrected chi connectivity index (χ2v) is 15.1. The molecule has 10 aromatic rings. The molecule has 2 atom stereocenters. The summed E-state index contributed by atoms with van der Waals surface area (Å²) in [5, 5.41) is 4.86. The SMILES string of the molecule is c1ccc(C2c3ccccc3-c3cc(-c4ccc5c(c4)-c4ccccc4C5c4cccc5c(-c6ccc7oc8ccccc8c7c6)cccc45)ccc32)cc1. The largest absolute Gasteiger partial charge is 0.456 e. The zero-order valence-electron chi connectivity index (χ0n) is 30.0. The highest BCUT2D eigenvalue weighted by Gasteiger charge is 2.33. The fourth-order valence-corrected chi connectivity index (χ4v) is 9.84. The van der Waals surface area contributed by atoms with E-state index in [0.29, 0.717) is 0 Å². The minimum atomic E-state index is 0.137. The van der Waals surface area contributed by atoms with Crippen LogP contribution < -0.4 is 0 Å². The van der Waals surface area contributed by atoms with Gasteiger partial charge in [-0.25, -0.2) is 0 Å². The highest BCUT2D eigenvalue weighted by molar-refractivity contribution is 6.08. The molecule has 0 fully saturated rings. The summed E-state index contributed by atoms with van der Waals surface area (Å²) in [5.74, 6) is 0.391. The fourth-order valence-electron chi connectivity index (χ4n) is 9.84. The molecule has 256 valence electrons. The first kappa shape index (κ1) is 30.5. The molecule has 55 heavy (non-hydrogen) atoms. The van der Waals surface area contributed by atoms with Gasteiger partial charge in [0.15, 0.2) is 0 Å². The van der Waals surface area contributed by atoms with Gasteiger partial charge < -0.3 is 4.42 Å². The molecule has 0 spiro atoms. The molecule has 1 nitrogen and oxygen atoms in total. The molecule has 2 unspecified atom stereocenters. The van der Waals surface area contributed by atoms with Gasteiger partial charge in [0, 0.05) is 22.6 Å². The van der Waals surface area contributed by atoms with Gasteiger partial charge in [-0.1, -0.05) is 164 Å². The second kappa shape index (κ2) is 11.8. The highest BCUT2D eigenvalue weighted by Crippen LogP contribution is 2.52. The van der Waals surface area contributed by atoms with Crippen LogP contribution in [-0.4, -0.2) is 0 Å². The van der Waals surface area contributed by atoms with E-state index in [9.17, 15) is 0 Å². The summed E-state index contributed by atoms with van der Waals surface area (Å²) in [4.78, 5) is 0. The quantitative estimate of drug-likeness (QED) is 0.178. The van der Waals surface area contributed by atoms with Crippen LogP contribution in [0.3, 0.4) is 0 Å². The molecule has 0 aliphatic heterocycles. The Morgan fingerprint density at radius 3 is 1.58 bits per heavy atom. The lowest BCUT2D eigenvalue weighted by molar-refractivity contribution is 0.669. The molecule has 0 amide bonds. The monoisotopic (exact) mass is 698 g/mol. The maximum absolute atomic E-state index is 6.17. The molecule has 1 heteroatoms. The Balaban J connectivity index is 0.975. The summed E-state index contributed by atoms with van der Waals surface area (Å²) in [6.07, 6.45) is 0. The van der Waals surface area contributed by atoms with Crippen molar-refractivity contribution in [2.45, 2.75) is 11.8 Å². The molecule has 0 radical (unpaired) electrons. The van der Waals surface area contributed by atoms with Crippen LogP contribution in [0.15, 0.2) is 199 Å². The lowest BCUT2D eigenvalue weighted by Crippen LogP contribution is -2.00. The molecule has 2 aliphatic carbocycles. The molecular weight excluding hydrogens is 665 g/mol. The Kier molecular flexibility index (Phi) is 6.53. The van der Waals surface area contributed by atoms with E-state index in [2.05, 4.69) is 182 Å². The van der Waals surface area contributed by atoms with Gasteiger partial charge in [0.1, 0.15) is 11.2 Å². The summed E-state index contributed by atoms with van der Waals surface area (Å²) < 4.78 is 6.17. The predicted octanol–water partition coefficient (Wildman–Crippen LogP) is 14.4. The number of hydrogen-bond donors (Lipinski definition) is 0. The topological polar surface area (TPSA) is 13.1 Å². The molecule has 9 aromatic carbocycles. The van der Waals surface area contributed by atoms with Gasteiger partial charge in [-0.3, -0.25) is 0 Å². The molecule has 0 bridgehead atoms. The minimum absolute atomic E-state index is 0.137. The highest BCUT2D eigenvalue weighted by atomic mass is 16.3. The predicted molar refractivity (Wildman–Crippen MR) is 228 cm³/mol. The lowest BCUT2D eigenvalue weighted by Gasteiger charge is -2.19. The molecular formula is C54H34O. The summed E-state index contributed by atoms with van der Waals surface area (Å²) in [7, 11) is 0. The van der Waals surface area contributed by atoms with Gasteiger partial charge in [0.25, 0.3) is 0 Å². The Morgan fingerprint density at radius 1 is 0.273 bits per heavy atom. The van der Waals surface area contributed by atoms with Crippen molar-refractivity contribution in [3.63, 3.8) is 0 Å². The third-order valence-electron chi connectivity index (χ3n) is 12.3. The minimum Gasteiger partial charge on any atom is -0.456 e. The third kappa shape index (κ3) is 4.54. The summed E-state index contributed by atoms with van der Waals surface area (Å²) in [6, 6.07) is 71.8. The van der Waals surface area contributed by atoms with Crippen LogP contribution >= 0.6 is 0 Å². The molecule has 1 aromatic heterocycles. The molecule has 12 rings (SSSR count). The smallest absolute Gasteiger partial charge is 0.135 e. The Morgan fingerprint density at radius 2 is 0.800 bits per heavy atom. The number of hydrogen-bond acceptors (Lipinski definition) is 1. The van der Waals surface area contributed by atoms with E-state index in [1.165, 1.54) is 88.7 Å². The fraction of sp³-hybridized carbons (Fsp3) is 0.0370. The van der Waals surface area contributed by atoms with Crippen molar-refractivity contribution in [1.82, 2.24) is 0 Å². The van der Waals surface area contributed by atoms with Gasteiger partial charge in [-0.05, 0) is 119 Å². The van der Waals surface area contributed by atoms with Crippen LogP contribution in [0.2, 0.25) is 0 Å². The number of rotatable bonds is 4. The van der Waals surface area contributed by atoms with Crippen molar-refractivity contribution in [1.29, 1.82) is 0 Å². The van der Waals surface area contributed by atoms with E-state index < -0.39 is 0 Å². The van der Waals surface area contributed by atoms with Gasteiger partial charge in [-0.2, -0.15) is 0 Å². The number of fused-ring (bicyclic) bond motifs is 10. The van der Waals surface area contributed by atoms with E-state index in [0.717, 1.165) is 21.9 Å². The van der Waals surface area contributed by atoms with Crippen LogP contribution in [0.5, 0.6) is 0 Å². The maximum atomic E-state index is 6.17. The average Bonchev–Trinajstić information content (AvgIpc) is 3.90. The molecule has 2 aliphatic rings. The normalized spacial score (nSPS) is 15.3. The molecule has 1 heterocycles. The van der Waals surface area contributed by atoms with Crippen LogP contribution in [0.4, 0.5) is 0 Å². The van der Waals surface area contributed by atoms with E-state index in [1.807, 2.05) is 12.1 Å². The van der Waals surface area contributed by atoms with Crippen LogP contribution in [0.1, 0.15) is 45.2 Å². The average molecular weight is 699 g/mol. The Labute approximate surface area is 319 Å². The van der Waals surface area contributed by atoms with Gasteiger partial charge in [-0.15, -0.1) is 0 Å². The first-order valence-electron chi connectivity index (χ1n) is 19.2. The van der Waals surface area contributed by atoms with E-state index in [4.69, 9.17) is 4.42 Å². The van der Waals surface area contributed by atoms with Crippen molar-refractivity contribution in [3.8, 4) is 44.5 Å². The molecule has 0 N–H and O–H groups in total. The third-order valence-corrected chi connectivity index (χ3v) is 12.3. The molecule has 0 saturated heterocycles. The molecule has 0 saturated carbocycles. The first-order chi connectivity index (χ1) is 27.3. The van der Waals surface area contributed by atoms with Gasteiger partial charge in [0.05, 0.1) is 0 Å². The van der Waals surface area contributed by atoms with E-state index in [-0.39, 0.29) is 11.8 Å². The number of furan rings is 1.